The third-order valence-electron chi connectivity index (χ3n) is 2.72. The zero-order chi connectivity index (χ0) is 10.7. The van der Waals surface area contributed by atoms with Crippen molar-refractivity contribution in [3.63, 3.8) is 0 Å². The number of amides is 1. The Morgan fingerprint density at radius 1 is 1.33 bits per heavy atom. The summed E-state index contributed by atoms with van der Waals surface area (Å²) in [7, 11) is 0. The molecule has 1 amide bonds. The maximum absolute atomic E-state index is 11.1. The zero-order valence-electron chi connectivity index (χ0n) is 8.75. The van der Waals surface area contributed by atoms with Gasteiger partial charge in [0.1, 0.15) is 0 Å². The largest absolute Gasteiger partial charge is 0.330 e. The fraction of sp³-hybridized carbons (Fsp3) is 0.417. The Bertz CT molecular complexity index is 374. The molecule has 3 N–H and O–H groups in total. The van der Waals surface area contributed by atoms with E-state index in [4.69, 9.17) is 5.73 Å². The molecule has 0 radical (unpaired) electrons. The average molecular weight is 204 g/mol. The molecule has 2 rings (SSSR count). The molecule has 15 heavy (non-hydrogen) atoms. The first-order valence-electron chi connectivity index (χ1n) is 5.41. The molecule has 0 spiro atoms. The number of aryl methyl sites for hydroxylation is 1. The normalized spacial score (nSPS) is 13.8. The first kappa shape index (κ1) is 10.2. The molecule has 3 nitrogen and oxygen atoms in total. The van der Waals surface area contributed by atoms with Gasteiger partial charge in [0.05, 0.1) is 6.42 Å². The number of rotatable bonds is 4. The molecule has 0 saturated carbocycles. The van der Waals surface area contributed by atoms with Crippen LogP contribution in [-0.4, -0.2) is 12.5 Å². The Kier molecular flexibility index (Phi) is 3.02. The lowest BCUT2D eigenvalue weighted by Crippen LogP contribution is -2.03. The third kappa shape index (κ3) is 2.36. The molecule has 0 atom stereocenters. The summed E-state index contributed by atoms with van der Waals surface area (Å²) in [5.74, 6) is 0.101. The van der Waals surface area contributed by atoms with Crippen molar-refractivity contribution in [2.45, 2.75) is 25.7 Å². The average Bonchev–Trinajstić information content (AvgIpc) is 2.57. The van der Waals surface area contributed by atoms with E-state index in [1.807, 2.05) is 6.07 Å². The number of hydrogen-bond acceptors (Lipinski definition) is 2. The van der Waals surface area contributed by atoms with Crippen molar-refractivity contribution in [1.82, 2.24) is 0 Å². The molecule has 80 valence electrons. The minimum absolute atomic E-state index is 0.101. The highest BCUT2D eigenvalue weighted by molar-refractivity contribution is 5.99. The number of carbonyl (C=O) groups is 1. The number of nitrogens with one attached hydrogen (secondary N) is 1. The minimum atomic E-state index is 0.101. The van der Waals surface area contributed by atoms with Gasteiger partial charge in [-0.1, -0.05) is 12.1 Å². The van der Waals surface area contributed by atoms with Crippen LogP contribution >= 0.6 is 0 Å². The summed E-state index contributed by atoms with van der Waals surface area (Å²) in [4.78, 5) is 11.1. The van der Waals surface area contributed by atoms with Crippen LogP contribution in [0.15, 0.2) is 18.2 Å². The van der Waals surface area contributed by atoms with Gasteiger partial charge in [0.2, 0.25) is 5.91 Å². The van der Waals surface area contributed by atoms with Crippen molar-refractivity contribution in [3.8, 4) is 0 Å². The molecule has 0 bridgehead atoms. The van der Waals surface area contributed by atoms with E-state index in [1.165, 1.54) is 5.56 Å². The Balaban J connectivity index is 2.03. The molecule has 1 aliphatic rings. The van der Waals surface area contributed by atoms with Crippen molar-refractivity contribution in [2.75, 3.05) is 11.9 Å². The smallest absolute Gasteiger partial charge is 0.228 e. The van der Waals surface area contributed by atoms with Crippen LogP contribution in [0.3, 0.4) is 0 Å². The maximum atomic E-state index is 11.1. The Hall–Kier alpha value is -1.35. The van der Waals surface area contributed by atoms with E-state index >= 15 is 0 Å². The first-order chi connectivity index (χ1) is 7.29. The number of carbonyl (C=O) groups excluding carboxylic acids is 1. The molecular weight excluding hydrogens is 188 g/mol. The summed E-state index contributed by atoms with van der Waals surface area (Å²) < 4.78 is 0. The minimum Gasteiger partial charge on any atom is -0.330 e. The lowest BCUT2D eigenvalue weighted by atomic mass is 10.0. The van der Waals surface area contributed by atoms with E-state index in [1.54, 1.807) is 0 Å². The van der Waals surface area contributed by atoms with Crippen LogP contribution in [0.2, 0.25) is 0 Å². The zero-order valence-corrected chi connectivity index (χ0v) is 8.75. The summed E-state index contributed by atoms with van der Waals surface area (Å²) in [5.41, 5.74) is 8.83. The monoisotopic (exact) mass is 204 g/mol. The van der Waals surface area contributed by atoms with Gasteiger partial charge in [-0.15, -0.1) is 0 Å². The highest BCUT2D eigenvalue weighted by Gasteiger charge is 2.16. The summed E-state index contributed by atoms with van der Waals surface area (Å²) in [6.07, 6.45) is 3.74. The van der Waals surface area contributed by atoms with Crippen molar-refractivity contribution in [2.24, 2.45) is 5.73 Å². The lowest BCUT2D eigenvalue weighted by Gasteiger charge is -2.03. The van der Waals surface area contributed by atoms with Crippen LogP contribution in [0.4, 0.5) is 5.69 Å². The van der Waals surface area contributed by atoms with E-state index in [9.17, 15) is 4.79 Å². The molecular formula is C12H16N2O. The highest BCUT2D eigenvalue weighted by Crippen LogP contribution is 2.24. The summed E-state index contributed by atoms with van der Waals surface area (Å²) in [5, 5.41) is 2.86. The van der Waals surface area contributed by atoms with Crippen molar-refractivity contribution in [1.29, 1.82) is 0 Å². The second-order valence-corrected chi connectivity index (χ2v) is 3.96. The number of anilines is 1. The van der Waals surface area contributed by atoms with Gasteiger partial charge in [0.15, 0.2) is 0 Å². The van der Waals surface area contributed by atoms with Crippen LogP contribution in [0.1, 0.15) is 24.0 Å². The summed E-state index contributed by atoms with van der Waals surface area (Å²) in [6.45, 7) is 0.752. The van der Waals surface area contributed by atoms with Crippen molar-refractivity contribution < 1.29 is 4.79 Å². The highest BCUT2D eigenvalue weighted by atomic mass is 16.1. The first-order valence-corrected chi connectivity index (χ1v) is 5.41. The predicted octanol–water partition coefficient (Wildman–Crippen LogP) is 1.46. The molecule has 0 aromatic heterocycles. The Labute approximate surface area is 89.7 Å². The topological polar surface area (TPSA) is 55.1 Å². The van der Waals surface area contributed by atoms with Crippen LogP contribution < -0.4 is 11.1 Å². The molecule has 1 aromatic rings. The van der Waals surface area contributed by atoms with Gasteiger partial charge in [0.25, 0.3) is 0 Å². The van der Waals surface area contributed by atoms with Gasteiger partial charge >= 0.3 is 0 Å². The quantitative estimate of drug-likeness (QED) is 0.729. The predicted molar refractivity (Wildman–Crippen MR) is 60.8 cm³/mol. The molecule has 0 fully saturated rings. The van der Waals surface area contributed by atoms with Crippen LogP contribution in [-0.2, 0) is 17.6 Å². The van der Waals surface area contributed by atoms with Gasteiger partial charge in [-0.05, 0) is 43.0 Å². The fourth-order valence-corrected chi connectivity index (χ4v) is 1.89. The lowest BCUT2D eigenvalue weighted by molar-refractivity contribution is -0.115. The van der Waals surface area contributed by atoms with Crippen molar-refractivity contribution in [3.05, 3.63) is 29.3 Å². The van der Waals surface area contributed by atoms with E-state index in [-0.39, 0.29) is 5.91 Å². The van der Waals surface area contributed by atoms with Crippen LogP contribution in [0, 0.1) is 0 Å². The van der Waals surface area contributed by atoms with Gasteiger partial charge < -0.3 is 11.1 Å². The number of hydrogen-bond donors (Lipinski definition) is 2. The summed E-state index contributed by atoms with van der Waals surface area (Å²) >= 11 is 0. The van der Waals surface area contributed by atoms with E-state index in [0.29, 0.717) is 6.42 Å². The Morgan fingerprint density at radius 3 is 3.00 bits per heavy atom. The molecule has 1 aliphatic heterocycles. The van der Waals surface area contributed by atoms with Gasteiger partial charge in [-0.25, -0.2) is 0 Å². The second kappa shape index (κ2) is 4.45. The number of fused-ring (bicyclic) bond motifs is 1. The molecule has 0 aliphatic carbocycles. The van der Waals surface area contributed by atoms with E-state index in [2.05, 4.69) is 17.4 Å². The van der Waals surface area contributed by atoms with Crippen LogP contribution in [0.25, 0.3) is 0 Å². The second-order valence-electron chi connectivity index (χ2n) is 3.96. The van der Waals surface area contributed by atoms with E-state index < -0.39 is 0 Å². The van der Waals surface area contributed by atoms with Gasteiger partial charge in [-0.2, -0.15) is 0 Å². The maximum Gasteiger partial charge on any atom is 0.228 e. The number of benzene rings is 1. The van der Waals surface area contributed by atoms with Crippen molar-refractivity contribution >= 4 is 11.6 Å². The summed E-state index contributed by atoms with van der Waals surface area (Å²) in [6, 6.07) is 6.23. The van der Waals surface area contributed by atoms with Crippen LogP contribution in [0.5, 0.6) is 0 Å². The third-order valence-corrected chi connectivity index (χ3v) is 2.72. The molecule has 1 heterocycles. The van der Waals surface area contributed by atoms with Gasteiger partial charge in [-0.3, -0.25) is 4.79 Å². The standard InChI is InChI=1S/C12H16N2O/c13-6-2-1-3-9-4-5-10-8-12(15)14-11(10)7-9/h4-5,7H,1-3,6,8,13H2,(H,14,15). The molecule has 3 heteroatoms. The van der Waals surface area contributed by atoms with E-state index in [0.717, 1.165) is 37.1 Å². The molecule has 1 aromatic carbocycles. The molecule has 0 saturated heterocycles. The number of nitrogens with two attached hydrogens (primary N) is 1. The fourth-order valence-electron chi connectivity index (χ4n) is 1.89. The van der Waals surface area contributed by atoms with Gasteiger partial charge in [0, 0.05) is 5.69 Å². The Morgan fingerprint density at radius 2 is 2.20 bits per heavy atom. The SMILES string of the molecule is NCCCCc1ccc2c(c1)NC(=O)C2. The molecule has 0 unspecified atom stereocenters. The number of unbranched alkanes of at least 4 members (excludes halogenated alkanes) is 1.